The second-order valence-corrected chi connectivity index (χ2v) is 6.55. The molecule has 1 fully saturated rings. The Labute approximate surface area is 124 Å². The van der Waals surface area contributed by atoms with Crippen LogP contribution in [-0.2, 0) is 14.9 Å². The molecular formula is C12H17N3O3S2. The Balaban J connectivity index is 2.18. The molecule has 1 aliphatic rings. The first-order valence-corrected chi connectivity index (χ1v) is 8.05. The number of nitrogens with one attached hydrogen (secondary N) is 1. The highest BCUT2D eigenvalue weighted by atomic mass is 32.2. The van der Waals surface area contributed by atoms with Crippen LogP contribution in [0.5, 0.6) is 0 Å². The fourth-order valence-electron chi connectivity index (χ4n) is 1.95. The number of benzene rings is 1. The summed E-state index contributed by atoms with van der Waals surface area (Å²) >= 11 is 4.98. The van der Waals surface area contributed by atoms with Crippen LogP contribution in [0.1, 0.15) is 11.6 Å². The van der Waals surface area contributed by atoms with E-state index in [1.54, 1.807) is 12.1 Å². The van der Waals surface area contributed by atoms with Crippen molar-refractivity contribution in [2.75, 3.05) is 26.3 Å². The van der Waals surface area contributed by atoms with Crippen LogP contribution >= 0.6 is 12.2 Å². The van der Waals surface area contributed by atoms with Crippen LogP contribution in [0.2, 0.25) is 0 Å². The minimum absolute atomic E-state index is 0.0908. The standard InChI is InChI=1S/C12H17N3O3S2/c13-12(19)11(10-4-2-1-3-5-10)14-20(16,17)15-6-8-18-9-7-15/h1-5,11,14H,6-9H2,(H2,13,19). The van der Waals surface area contributed by atoms with Gasteiger partial charge in [0.05, 0.1) is 24.2 Å². The van der Waals surface area contributed by atoms with Gasteiger partial charge in [-0.05, 0) is 5.56 Å². The monoisotopic (exact) mass is 315 g/mol. The zero-order valence-electron chi connectivity index (χ0n) is 10.9. The summed E-state index contributed by atoms with van der Waals surface area (Å²) in [5.74, 6) is 0. The van der Waals surface area contributed by atoms with Gasteiger partial charge in [-0.3, -0.25) is 0 Å². The molecule has 0 spiro atoms. The molecule has 0 aromatic heterocycles. The number of ether oxygens (including phenoxy) is 1. The number of morpholine rings is 1. The van der Waals surface area contributed by atoms with Crippen molar-refractivity contribution in [2.45, 2.75) is 6.04 Å². The maximum absolute atomic E-state index is 12.3. The first-order chi connectivity index (χ1) is 9.50. The Kier molecular flexibility index (Phi) is 5.06. The van der Waals surface area contributed by atoms with E-state index in [0.717, 1.165) is 5.56 Å². The minimum atomic E-state index is -3.64. The van der Waals surface area contributed by atoms with Gasteiger partial charge in [-0.1, -0.05) is 42.5 Å². The van der Waals surface area contributed by atoms with Gasteiger partial charge < -0.3 is 10.5 Å². The molecule has 1 aromatic carbocycles. The molecule has 1 aliphatic heterocycles. The van der Waals surface area contributed by atoms with Gasteiger partial charge >= 0.3 is 0 Å². The van der Waals surface area contributed by atoms with Crippen LogP contribution in [0, 0.1) is 0 Å². The van der Waals surface area contributed by atoms with Crippen molar-refractivity contribution in [3.63, 3.8) is 0 Å². The maximum atomic E-state index is 12.3. The molecule has 0 aliphatic carbocycles. The smallest absolute Gasteiger partial charge is 0.280 e. The highest BCUT2D eigenvalue weighted by molar-refractivity contribution is 7.87. The first-order valence-electron chi connectivity index (χ1n) is 6.20. The predicted octanol–water partition coefficient (Wildman–Crippen LogP) is 0.180. The van der Waals surface area contributed by atoms with E-state index < -0.39 is 16.3 Å². The van der Waals surface area contributed by atoms with E-state index in [-0.39, 0.29) is 4.99 Å². The quantitative estimate of drug-likeness (QED) is 0.757. The highest BCUT2D eigenvalue weighted by Gasteiger charge is 2.28. The molecule has 1 aromatic rings. The van der Waals surface area contributed by atoms with Crippen LogP contribution < -0.4 is 10.5 Å². The van der Waals surface area contributed by atoms with Gasteiger partial charge in [0.15, 0.2) is 0 Å². The summed E-state index contributed by atoms with van der Waals surface area (Å²) in [6.07, 6.45) is 0. The van der Waals surface area contributed by atoms with E-state index in [0.29, 0.717) is 26.3 Å². The Bertz CT molecular complexity index is 557. The molecule has 110 valence electrons. The summed E-state index contributed by atoms with van der Waals surface area (Å²) in [6.45, 7) is 1.44. The lowest BCUT2D eigenvalue weighted by molar-refractivity contribution is 0.0724. The summed E-state index contributed by atoms with van der Waals surface area (Å²) in [6, 6.07) is 8.32. The number of hydrogen-bond donors (Lipinski definition) is 2. The third-order valence-corrected chi connectivity index (χ3v) is 4.81. The topological polar surface area (TPSA) is 84.7 Å². The Hall–Kier alpha value is -1.06. The van der Waals surface area contributed by atoms with Crippen molar-refractivity contribution in [1.82, 2.24) is 9.03 Å². The number of nitrogens with two attached hydrogens (primary N) is 1. The fourth-order valence-corrected chi connectivity index (χ4v) is 3.56. The van der Waals surface area contributed by atoms with Crippen molar-refractivity contribution >= 4 is 27.4 Å². The fraction of sp³-hybridized carbons (Fsp3) is 0.417. The highest BCUT2D eigenvalue weighted by Crippen LogP contribution is 2.16. The molecule has 0 saturated carbocycles. The van der Waals surface area contributed by atoms with Gasteiger partial charge in [0.25, 0.3) is 10.2 Å². The van der Waals surface area contributed by atoms with Crippen molar-refractivity contribution in [3.05, 3.63) is 35.9 Å². The molecule has 20 heavy (non-hydrogen) atoms. The summed E-state index contributed by atoms with van der Waals surface area (Å²) in [5, 5.41) is 0. The molecule has 6 nitrogen and oxygen atoms in total. The van der Waals surface area contributed by atoms with E-state index in [1.165, 1.54) is 4.31 Å². The molecule has 0 radical (unpaired) electrons. The minimum Gasteiger partial charge on any atom is -0.392 e. The average Bonchev–Trinajstić information content (AvgIpc) is 2.46. The van der Waals surface area contributed by atoms with E-state index in [1.807, 2.05) is 18.2 Å². The van der Waals surface area contributed by atoms with Crippen LogP contribution in [0.4, 0.5) is 0 Å². The Morgan fingerprint density at radius 1 is 1.30 bits per heavy atom. The van der Waals surface area contributed by atoms with Crippen molar-refractivity contribution in [2.24, 2.45) is 5.73 Å². The van der Waals surface area contributed by atoms with Gasteiger partial charge in [-0.2, -0.15) is 17.4 Å². The number of hydrogen-bond acceptors (Lipinski definition) is 4. The lowest BCUT2D eigenvalue weighted by Crippen LogP contribution is -2.49. The SMILES string of the molecule is NC(=S)C(NS(=O)(=O)N1CCOCC1)c1ccccc1. The van der Waals surface area contributed by atoms with Crippen LogP contribution in [0.15, 0.2) is 30.3 Å². The second-order valence-electron chi connectivity index (χ2n) is 4.38. The molecule has 3 N–H and O–H groups in total. The number of nitrogens with zero attached hydrogens (tertiary/aromatic N) is 1. The largest absolute Gasteiger partial charge is 0.392 e. The molecular weight excluding hydrogens is 298 g/mol. The van der Waals surface area contributed by atoms with Gasteiger partial charge in [-0.15, -0.1) is 0 Å². The number of thiocarbonyl (C=S) groups is 1. The molecule has 2 rings (SSSR count). The average molecular weight is 315 g/mol. The second kappa shape index (κ2) is 6.59. The van der Waals surface area contributed by atoms with Gasteiger partial charge in [-0.25, -0.2) is 0 Å². The molecule has 8 heteroatoms. The lowest BCUT2D eigenvalue weighted by Gasteiger charge is -2.28. The molecule has 0 amide bonds. The zero-order valence-corrected chi connectivity index (χ0v) is 12.5. The van der Waals surface area contributed by atoms with Gasteiger partial charge in [0, 0.05) is 13.1 Å². The molecule has 1 heterocycles. The third kappa shape index (κ3) is 3.74. The van der Waals surface area contributed by atoms with E-state index in [4.69, 9.17) is 22.7 Å². The third-order valence-electron chi connectivity index (χ3n) is 2.99. The van der Waals surface area contributed by atoms with Crippen molar-refractivity contribution in [3.8, 4) is 0 Å². The normalized spacial score (nSPS) is 18.6. The maximum Gasteiger partial charge on any atom is 0.280 e. The van der Waals surface area contributed by atoms with Crippen molar-refractivity contribution in [1.29, 1.82) is 0 Å². The van der Waals surface area contributed by atoms with Crippen LogP contribution in [-0.4, -0.2) is 44.0 Å². The van der Waals surface area contributed by atoms with Crippen LogP contribution in [0.25, 0.3) is 0 Å². The van der Waals surface area contributed by atoms with E-state index in [9.17, 15) is 8.42 Å². The van der Waals surface area contributed by atoms with Crippen molar-refractivity contribution < 1.29 is 13.2 Å². The van der Waals surface area contributed by atoms with Gasteiger partial charge in [0.2, 0.25) is 0 Å². The summed E-state index contributed by atoms with van der Waals surface area (Å²) in [5.41, 5.74) is 6.39. The molecule has 1 atom stereocenters. The number of rotatable bonds is 5. The lowest BCUT2D eigenvalue weighted by atomic mass is 10.1. The van der Waals surface area contributed by atoms with E-state index >= 15 is 0 Å². The molecule has 0 bridgehead atoms. The molecule has 1 saturated heterocycles. The molecule has 1 unspecified atom stereocenters. The summed E-state index contributed by atoms with van der Waals surface area (Å²) < 4.78 is 33.7. The van der Waals surface area contributed by atoms with E-state index in [2.05, 4.69) is 4.72 Å². The van der Waals surface area contributed by atoms with Gasteiger partial charge in [0.1, 0.15) is 0 Å². The Morgan fingerprint density at radius 3 is 2.45 bits per heavy atom. The summed E-state index contributed by atoms with van der Waals surface area (Å²) in [4.78, 5) is 0.0908. The summed E-state index contributed by atoms with van der Waals surface area (Å²) in [7, 11) is -3.64. The zero-order chi connectivity index (χ0) is 14.6. The first kappa shape index (κ1) is 15.3. The predicted molar refractivity (Wildman–Crippen MR) is 80.4 cm³/mol. The van der Waals surface area contributed by atoms with Crippen LogP contribution in [0.3, 0.4) is 0 Å². The Morgan fingerprint density at radius 2 is 1.90 bits per heavy atom.